The molecule has 3 N–H and O–H groups in total. The van der Waals surface area contributed by atoms with Crippen LogP contribution in [0.25, 0.3) is 0 Å². The van der Waals surface area contributed by atoms with Crippen LogP contribution in [0.3, 0.4) is 0 Å². The number of alkyl halides is 3. The summed E-state index contributed by atoms with van der Waals surface area (Å²) in [5.74, 6) is -0.866. The third kappa shape index (κ3) is 5.30. The average Bonchev–Trinajstić information content (AvgIpc) is 3.47. The van der Waals surface area contributed by atoms with E-state index in [1.165, 1.54) is 24.7 Å². The Morgan fingerprint density at radius 1 is 1.12 bits per heavy atom. The van der Waals surface area contributed by atoms with Crippen molar-refractivity contribution in [1.82, 2.24) is 30.8 Å². The summed E-state index contributed by atoms with van der Waals surface area (Å²) in [6, 6.07) is 4.40. The molecule has 1 aliphatic rings. The third-order valence-electron chi connectivity index (χ3n) is 5.80. The highest BCUT2D eigenvalue weighted by Crippen LogP contribution is 2.37. The first-order valence-electron chi connectivity index (χ1n) is 10.6. The fourth-order valence-electron chi connectivity index (χ4n) is 4.20. The molecule has 7 nitrogen and oxygen atoms in total. The maximum atomic E-state index is 14.5. The molecule has 1 saturated carbocycles. The summed E-state index contributed by atoms with van der Waals surface area (Å²) in [5, 5.41) is 12.3. The Morgan fingerprint density at radius 3 is 2.47 bits per heavy atom. The highest BCUT2D eigenvalue weighted by atomic mass is 35.5. The lowest BCUT2D eigenvalue weighted by Crippen LogP contribution is -2.54. The zero-order valence-corrected chi connectivity index (χ0v) is 18.5. The highest BCUT2D eigenvalue weighted by molar-refractivity contribution is 6.30. The molecule has 1 atom stereocenters. The van der Waals surface area contributed by atoms with Gasteiger partial charge in [0.15, 0.2) is 0 Å². The Labute approximate surface area is 197 Å². The SMILES string of the molecule is O=C(NC1CCCC1)NC(Cc1ncn[nH]1)(c1cc(F)cc(C(F)(F)F)c1)c1ccc(Cl)cn1. The number of hydrogen-bond acceptors (Lipinski definition) is 4. The van der Waals surface area contributed by atoms with Gasteiger partial charge in [-0.25, -0.2) is 14.2 Å². The zero-order valence-electron chi connectivity index (χ0n) is 17.8. The van der Waals surface area contributed by atoms with Gasteiger partial charge in [-0.2, -0.15) is 18.3 Å². The molecule has 0 saturated heterocycles. The van der Waals surface area contributed by atoms with Crippen LogP contribution >= 0.6 is 11.6 Å². The van der Waals surface area contributed by atoms with Crippen LogP contribution < -0.4 is 10.6 Å². The summed E-state index contributed by atoms with van der Waals surface area (Å²) in [4.78, 5) is 21.4. The quantitative estimate of drug-likeness (QED) is 0.430. The molecule has 0 spiro atoms. The number of aromatic nitrogens is 4. The summed E-state index contributed by atoms with van der Waals surface area (Å²) in [6.45, 7) is 0. The predicted octanol–water partition coefficient (Wildman–Crippen LogP) is 4.74. The van der Waals surface area contributed by atoms with Crippen molar-refractivity contribution in [3.05, 3.63) is 76.3 Å². The number of nitrogens with one attached hydrogen (secondary N) is 3. The topological polar surface area (TPSA) is 95.6 Å². The summed E-state index contributed by atoms with van der Waals surface area (Å²) in [7, 11) is 0. The van der Waals surface area contributed by atoms with Crippen molar-refractivity contribution < 1.29 is 22.4 Å². The number of carbonyl (C=O) groups excluding carboxylic acids is 1. The number of H-pyrrole nitrogens is 1. The van der Waals surface area contributed by atoms with Crippen LogP contribution in [-0.4, -0.2) is 32.2 Å². The molecule has 0 radical (unpaired) electrons. The van der Waals surface area contributed by atoms with Gasteiger partial charge in [-0.1, -0.05) is 24.4 Å². The van der Waals surface area contributed by atoms with Crippen LogP contribution in [-0.2, 0) is 18.1 Å². The Bertz CT molecular complexity index is 1130. The number of pyridine rings is 1. The smallest absolute Gasteiger partial charge is 0.335 e. The molecule has 12 heteroatoms. The molecule has 34 heavy (non-hydrogen) atoms. The van der Waals surface area contributed by atoms with Crippen LogP contribution in [0.5, 0.6) is 0 Å². The predicted molar refractivity (Wildman–Crippen MR) is 115 cm³/mol. The van der Waals surface area contributed by atoms with Crippen LogP contribution in [0.15, 0.2) is 42.9 Å². The Morgan fingerprint density at radius 2 is 1.85 bits per heavy atom. The Balaban J connectivity index is 1.87. The van der Waals surface area contributed by atoms with Crippen molar-refractivity contribution in [3.8, 4) is 0 Å². The van der Waals surface area contributed by atoms with E-state index >= 15 is 0 Å². The number of rotatable bonds is 6. The van der Waals surface area contributed by atoms with E-state index in [2.05, 4.69) is 30.8 Å². The van der Waals surface area contributed by atoms with E-state index in [-0.39, 0.29) is 34.6 Å². The summed E-state index contributed by atoms with van der Waals surface area (Å²) in [6.07, 6.45) is 1.04. The lowest BCUT2D eigenvalue weighted by molar-refractivity contribution is -0.137. The number of hydrogen-bond donors (Lipinski definition) is 3. The monoisotopic (exact) mass is 496 g/mol. The van der Waals surface area contributed by atoms with Gasteiger partial charge >= 0.3 is 12.2 Å². The van der Waals surface area contributed by atoms with Crippen molar-refractivity contribution in [2.75, 3.05) is 0 Å². The van der Waals surface area contributed by atoms with Gasteiger partial charge in [0.1, 0.15) is 23.5 Å². The van der Waals surface area contributed by atoms with E-state index in [9.17, 15) is 22.4 Å². The second-order valence-electron chi connectivity index (χ2n) is 8.18. The van der Waals surface area contributed by atoms with Gasteiger partial charge in [-0.05, 0) is 48.7 Å². The van der Waals surface area contributed by atoms with Crippen molar-refractivity contribution >= 4 is 17.6 Å². The average molecular weight is 497 g/mol. The Kier molecular flexibility index (Phi) is 6.74. The molecule has 1 aliphatic carbocycles. The van der Waals surface area contributed by atoms with E-state index in [1.807, 2.05) is 0 Å². The van der Waals surface area contributed by atoms with Gasteiger partial charge in [0, 0.05) is 18.7 Å². The standard InChI is InChI=1S/C22H21ClF4N6O/c23-15-5-6-18(28-11-15)21(10-19-29-12-30-33-19,32-20(34)31-17-3-1-2-4-17)13-7-14(22(25,26)27)9-16(24)8-13/h5-9,11-12,17H,1-4,10H2,(H,29,30,33)(H2,31,32,34). The second kappa shape index (κ2) is 9.57. The molecule has 180 valence electrons. The number of aromatic amines is 1. The maximum Gasteiger partial charge on any atom is 0.416 e. The van der Waals surface area contributed by atoms with Gasteiger partial charge in [0.2, 0.25) is 0 Å². The number of benzene rings is 1. The van der Waals surface area contributed by atoms with Crippen molar-refractivity contribution in [2.45, 2.75) is 49.9 Å². The maximum absolute atomic E-state index is 14.5. The fraction of sp³-hybridized carbons (Fsp3) is 0.364. The van der Waals surface area contributed by atoms with Gasteiger partial charge < -0.3 is 10.6 Å². The number of amides is 2. The summed E-state index contributed by atoms with van der Waals surface area (Å²) in [5.41, 5.74) is -2.94. The van der Waals surface area contributed by atoms with Crippen LogP contribution in [0.1, 0.15) is 48.3 Å². The first-order valence-corrected chi connectivity index (χ1v) is 11.0. The van der Waals surface area contributed by atoms with E-state index in [0.717, 1.165) is 37.8 Å². The summed E-state index contributed by atoms with van der Waals surface area (Å²) < 4.78 is 55.2. The van der Waals surface area contributed by atoms with E-state index in [0.29, 0.717) is 6.07 Å². The minimum absolute atomic E-state index is 0.0700. The molecule has 3 aromatic rings. The lowest BCUT2D eigenvalue weighted by Gasteiger charge is -2.35. The molecular weight excluding hydrogens is 476 g/mol. The van der Waals surface area contributed by atoms with Gasteiger partial charge in [0.25, 0.3) is 0 Å². The van der Waals surface area contributed by atoms with Crippen LogP contribution in [0.4, 0.5) is 22.4 Å². The summed E-state index contributed by atoms with van der Waals surface area (Å²) >= 11 is 5.98. The molecule has 1 fully saturated rings. The molecule has 1 aromatic carbocycles. The first kappa shape index (κ1) is 23.9. The normalized spacial score (nSPS) is 16.3. The number of carbonyl (C=O) groups is 1. The first-order chi connectivity index (χ1) is 16.2. The lowest BCUT2D eigenvalue weighted by atomic mass is 9.81. The van der Waals surface area contributed by atoms with E-state index in [1.54, 1.807) is 0 Å². The van der Waals surface area contributed by atoms with Crippen LogP contribution in [0.2, 0.25) is 5.02 Å². The van der Waals surface area contributed by atoms with Crippen molar-refractivity contribution in [3.63, 3.8) is 0 Å². The fourth-order valence-corrected chi connectivity index (χ4v) is 4.31. The molecule has 0 aliphatic heterocycles. The van der Waals surface area contributed by atoms with Crippen LogP contribution in [0, 0.1) is 5.82 Å². The van der Waals surface area contributed by atoms with Crippen molar-refractivity contribution in [1.29, 1.82) is 0 Å². The molecule has 2 aromatic heterocycles. The minimum atomic E-state index is -4.81. The minimum Gasteiger partial charge on any atom is -0.335 e. The number of nitrogens with zero attached hydrogens (tertiary/aromatic N) is 3. The number of halogens is 5. The Hall–Kier alpha value is -3.21. The third-order valence-corrected chi connectivity index (χ3v) is 6.02. The van der Waals surface area contributed by atoms with Gasteiger partial charge in [-0.3, -0.25) is 10.1 Å². The van der Waals surface area contributed by atoms with Gasteiger partial charge in [-0.15, -0.1) is 0 Å². The second-order valence-corrected chi connectivity index (χ2v) is 8.62. The molecule has 2 heterocycles. The highest BCUT2D eigenvalue weighted by Gasteiger charge is 2.42. The van der Waals surface area contributed by atoms with E-state index in [4.69, 9.17) is 11.6 Å². The molecule has 2 amide bonds. The number of urea groups is 1. The van der Waals surface area contributed by atoms with Crippen molar-refractivity contribution in [2.24, 2.45) is 0 Å². The molecule has 0 bridgehead atoms. The van der Waals surface area contributed by atoms with E-state index < -0.39 is 29.1 Å². The largest absolute Gasteiger partial charge is 0.416 e. The zero-order chi connectivity index (χ0) is 24.3. The van der Waals surface area contributed by atoms with Gasteiger partial charge in [0.05, 0.1) is 16.3 Å². The molecule has 1 unspecified atom stereocenters. The molecular formula is C22H21ClF4N6O. The molecule has 4 rings (SSSR count).